The van der Waals surface area contributed by atoms with E-state index in [-0.39, 0.29) is 11.9 Å². The summed E-state index contributed by atoms with van der Waals surface area (Å²) in [6, 6.07) is 6.53. The Morgan fingerprint density at radius 2 is 1.94 bits per heavy atom. The summed E-state index contributed by atoms with van der Waals surface area (Å²) in [5.74, 6) is -0.237. The summed E-state index contributed by atoms with van der Waals surface area (Å²) in [5, 5.41) is 3.28. The van der Waals surface area contributed by atoms with Gasteiger partial charge in [0.25, 0.3) is 0 Å². The molecule has 1 heterocycles. The summed E-state index contributed by atoms with van der Waals surface area (Å²) >= 11 is 0. The van der Waals surface area contributed by atoms with Gasteiger partial charge in [-0.05, 0) is 17.7 Å². The van der Waals surface area contributed by atoms with Crippen molar-refractivity contribution < 1.29 is 9.18 Å². The van der Waals surface area contributed by atoms with E-state index in [0.29, 0.717) is 6.42 Å². The summed E-state index contributed by atoms with van der Waals surface area (Å²) in [6.45, 7) is 3.73. The zero-order valence-electron chi connectivity index (χ0n) is 9.73. The topological polar surface area (TPSA) is 32.3 Å². The number of benzene rings is 1. The van der Waals surface area contributed by atoms with Crippen molar-refractivity contribution in [2.45, 2.75) is 12.5 Å². The fourth-order valence-corrected chi connectivity index (χ4v) is 2.27. The van der Waals surface area contributed by atoms with Crippen molar-refractivity contribution in [3.8, 4) is 0 Å². The Balaban J connectivity index is 2.15. The molecule has 0 saturated carbocycles. The van der Waals surface area contributed by atoms with E-state index in [1.165, 1.54) is 12.1 Å². The van der Waals surface area contributed by atoms with Crippen LogP contribution in [-0.2, 0) is 4.79 Å². The standard InChI is InChI=1S/C13H17FN2O/c14-12-3-1-11(2-4-12)13(5-10-17)16-8-6-15-7-9-16/h1-4,10,13,15H,5-9H2. The quantitative estimate of drug-likeness (QED) is 0.801. The number of hydrogen-bond acceptors (Lipinski definition) is 3. The lowest BCUT2D eigenvalue weighted by molar-refractivity contribution is -0.109. The maximum absolute atomic E-state index is 12.9. The normalized spacial score (nSPS) is 18.9. The lowest BCUT2D eigenvalue weighted by Gasteiger charge is -2.34. The molecule has 0 amide bonds. The van der Waals surface area contributed by atoms with Crippen molar-refractivity contribution in [1.29, 1.82) is 0 Å². The molecule has 0 aromatic heterocycles. The number of carbonyl (C=O) groups is 1. The van der Waals surface area contributed by atoms with Gasteiger partial charge in [0.05, 0.1) is 0 Å². The fraction of sp³-hybridized carbons (Fsp3) is 0.462. The smallest absolute Gasteiger partial charge is 0.123 e. The monoisotopic (exact) mass is 236 g/mol. The highest BCUT2D eigenvalue weighted by molar-refractivity contribution is 5.51. The SMILES string of the molecule is O=CCC(c1ccc(F)cc1)N1CCNCC1. The van der Waals surface area contributed by atoms with E-state index in [0.717, 1.165) is 38.0 Å². The summed E-state index contributed by atoms with van der Waals surface area (Å²) in [6.07, 6.45) is 1.40. The Morgan fingerprint density at radius 1 is 1.29 bits per heavy atom. The Morgan fingerprint density at radius 3 is 2.53 bits per heavy atom. The minimum Gasteiger partial charge on any atom is -0.314 e. The van der Waals surface area contributed by atoms with Gasteiger partial charge in [-0.15, -0.1) is 0 Å². The van der Waals surface area contributed by atoms with Crippen LogP contribution in [0.4, 0.5) is 4.39 Å². The molecule has 3 nitrogen and oxygen atoms in total. The van der Waals surface area contributed by atoms with Crippen LogP contribution < -0.4 is 5.32 Å². The van der Waals surface area contributed by atoms with Gasteiger partial charge in [0.15, 0.2) is 0 Å². The van der Waals surface area contributed by atoms with Crippen LogP contribution in [0.25, 0.3) is 0 Å². The van der Waals surface area contributed by atoms with Gasteiger partial charge in [0, 0.05) is 38.6 Å². The first-order valence-corrected chi connectivity index (χ1v) is 5.95. The minimum atomic E-state index is -0.237. The molecule has 0 bridgehead atoms. The molecule has 0 spiro atoms. The molecule has 1 atom stereocenters. The zero-order valence-corrected chi connectivity index (χ0v) is 9.73. The number of carbonyl (C=O) groups excluding carboxylic acids is 1. The zero-order chi connectivity index (χ0) is 12.1. The molecule has 1 aliphatic heterocycles. The van der Waals surface area contributed by atoms with Crippen molar-refractivity contribution in [3.63, 3.8) is 0 Å². The van der Waals surface area contributed by atoms with Crippen LogP contribution in [0.3, 0.4) is 0 Å². The van der Waals surface area contributed by atoms with Crippen LogP contribution in [0.2, 0.25) is 0 Å². The third kappa shape index (κ3) is 3.11. The number of hydrogen-bond donors (Lipinski definition) is 1. The van der Waals surface area contributed by atoms with E-state index in [1.54, 1.807) is 12.1 Å². The number of piperazine rings is 1. The van der Waals surface area contributed by atoms with Crippen LogP contribution in [-0.4, -0.2) is 37.4 Å². The molecule has 4 heteroatoms. The average molecular weight is 236 g/mol. The Labute approximate surface area is 101 Å². The van der Waals surface area contributed by atoms with Crippen LogP contribution in [0.1, 0.15) is 18.0 Å². The van der Waals surface area contributed by atoms with Gasteiger partial charge < -0.3 is 10.1 Å². The van der Waals surface area contributed by atoms with E-state index >= 15 is 0 Å². The van der Waals surface area contributed by atoms with E-state index < -0.39 is 0 Å². The van der Waals surface area contributed by atoms with Gasteiger partial charge in [-0.25, -0.2) is 4.39 Å². The molecule has 1 aliphatic rings. The largest absolute Gasteiger partial charge is 0.314 e. The number of aldehydes is 1. The van der Waals surface area contributed by atoms with E-state index in [2.05, 4.69) is 10.2 Å². The second-order valence-corrected chi connectivity index (χ2v) is 4.26. The van der Waals surface area contributed by atoms with Crippen LogP contribution in [0.5, 0.6) is 0 Å². The predicted octanol–water partition coefficient (Wildman–Crippen LogP) is 1.36. The van der Waals surface area contributed by atoms with Crippen molar-refractivity contribution in [1.82, 2.24) is 10.2 Å². The van der Waals surface area contributed by atoms with Crippen molar-refractivity contribution in [2.75, 3.05) is 26.2 Å². The van der Waals surface area contributed by atoms with Gasteiger partial charge >= 0.3 is 0 Å². The van der Waals surface area contributed by atoms with Gasteiger partial charge in [-0.1, -0.05) is 12.1 Å². The van der Waals surface area contributed by atoms with Crippen molar-refractivity contribution in [2.24, 2.45) is 0 Å². The van der Waals surface area contributed by atoms with Crippen molar-refractivity contribution in [3.05, 3.63) is 35.6 Å². The number of nitrogens with one attached hydrogen (secondary N) is 1. The maximum Gasteiger partial charge on any atom is 0.123 e. The first kappa shape index (κ1) is 12.2. The van der Waals surface area contributed by atoms with Gasteiger partial charge in [-0.3, -0.25) is 4.90 Å². The molecule has 2 rings (SSSR count). The molecule has 1 saturated heterocycles. The molecule has 1 unspecified atom stereocenters. The number of nitrogens with zero attached hydrogens (tertiary/aromatic N) is 1. The van der Waals surface area contributed by atoms with Crippen LogP contribution in [0, 0.1) is 5.82 Å². The van der Waals surface area contributed by atoms with E-state index in [9.17, 15) is 9.18 Å². The molecule has 1 aromatic rings. The summed E-state index contributed by atoms with van der Waals surface area (Å²) < 4.78 is 12.9. The minimum absolute atomic E-state index is 0.0789. The maximum atomic E-state index is 12.9. The van der Waals surface area contributed by atoms with Crippen LogP contribution >= 0.6 is 0 Å². The molecule has 1 fully saturated rings. The number of rotatable bonds is 4. The van der Waals surface area contributed by atoms with Crippen molar-refractivity contribution >= 4 is 6.29 Å². The third-order valence-electron chi connectivity index (χ3n) is 3.17. The summed E-state index contributed by atoms with van der Waals surface area (Å²) in [7, 11) is 0. The highest BCUT2D eigenvalue weighted by Crippen LogP contribution is 2.23. The van der Waals surface area contributed by atoms with Gasteiger partial charge in [-0.2, -0.15) is 0 Å². The second kappa shape index (κ2) is 5.89. The molecule has 0 aliphatic carbocycles. The van der Waals surface area contributed by atoms with E-state index in [4.69, 9.17) is 0 Å². The van der Waals surface area contributed by atoms with Gasteiger partial charge in [0.1, 0.15) is 12.1 Å². The molecule has 92 valence electrons. The predicted molar refractivity (Wildman–Crippen MR) is 64.3 cm³/mol. The highest BCUT2D eigenvalue weighted by Gasteiger charge is 2.21. The second-order valence-electron chi connectivity index (χ2n) is 4.26. The lowest BCUT2D eigenvalue weighted by Crippen LogP contribution is -2.45. The van der Waals surface area contributed by atoms with E-state index in [1.807, 2.05) is 0 Å². The molecule has 17 heavy (non-hydrogen) atoms. The Bertz CT molecular complexity index is 360. The Kier molecular flexibility index (Phi) is 4.23. The highest BCUT2D eigenvalue weighted by atomic mass is 19.1. The average Bonchev–Trinajstić information content (AvgIpc) is 2.38. The van der Waals surface area contributed by atoms with Gasteiger partial charge in [0.2, 0.25) is 0 Å². The lowest BCUT2D eigenvalue weighted by atomic mass is 10.0. The Hall–Kier alpha value is -1.26. The molecule has 0 radical (unpaired) electrons. The summed E-state index contributed by atoms with van der Waals surface area (Å²) in [5.41, 5.74) is 1.01. The third-order valence-corrected chi connectivity index (χ3v) is 3.17. The molecular weight excluding hydrogens is 219 g/mol. The summed E-state index contributed by atoms with van der Waals surface area (Å²) in [4.78, 5) is 13.1. The first-order valence-electron chi connectivity index (χ1n) is 5.95. The van der Waals surface area contributed by atoms with Crippen LogP contribution in [0.15, 0.2) is 24.3 Å². The number of halogens is 1. The molecule has 1 N–H and O–H groups in total. The first-order chi connectivity index (χ1) is 8.31. The molecule has 1 aromatic carbocycles. The fourth-order valence-electron chi connectivity index (χ4n) is 2.27. The molecular formula is C13H17FN2O.